The maximum Gasteiger partial charge on any atom is 0.315 e. The van der Waals surface area contributed by atoms with Gasteiger partial charge in [-0.25, -0.2) is 4.79 Å². The predicted molar refractivity (Wildman–Crippen MR) is 93.6 cm³/mol. The molecule has 1 unspecified atom stereocenters. The number of phenolic OH excluding ortho intramolecular Hbond substituents is 1. The van der Waals surface area contributed by atoms with Gasteiger partial charge in [0.2, 0.25) is 0 Å². The van der Waals surface area contributed by atoms with E-state index >= 15 is 0 Å². The van der Waals surface area contributed by atoms with Crippen molar-refractivity contribution in [2.45, 2.75) is 26.8 Å². The minimum Gasteiger partial charge on any atom is -0.507 e. The average Bonchev–Trinajstić information content (AvgIpc) is 2.90. The molecular weight excluding hydrogens is 322 g/mol. The fourth-order valence-electron chi connectivity index (χ4n) is 2.52. The summed E-state index contributed by atoms with van der Waals surface area (Å²) < 4.78 is 5.45. The molecule has 7 heteroatoms. The number of urea groups is 1. The average molecular weight is 345 g/mol. The van der Waals surface area contributed by atoms with E-state index in [2.05, 4.69) is 16.0 Å². The first-order valence-corrected chi connectivity index (χ1v) is 8.06. The van der Waals surface area contributed by atoms with Gasteiger partial charge in [-0.3, -0.25) is 4.79 Å². The molecule has 0 fully saturated rings. The van der Waals surface area contributed by atoms with Crippen LogP contribution in [0.5, 0.6) is 5.75 Å². The van der Waals surface area contributed by atoms with E-state index in [1.165, 1.54) is 12.1 Å². The summed E-state index contributed by atoms with van der Waals surface area (Å²) in [5, 5.41) is 17.7. The van der Waals surface area contributed by atoms with Gasteiger partial charge in [-0.1, -0.05) is 12.1 Å². The third-order valence-electron chi connectivity index (χ3n) is 3.74. The Labute approximate surface area is 146 Å². The summed E-state index contributed by atoms with van der Waals surface area (Å²) in [6.45, 7) is 6.10. The molecule has 4 N–H and O–H groups in total. The van der Waals surface area contributed by atoms with Crippen molar-refractivity contribution in [2.24, 2.45) is 0 Å². The lowest BCUT2D eigenvalue weighted by molar-refractivity contribution is 0.0951. The first-order valence-electron chi connectivity index (χ1n) is 8.06. The topological polar surface area (TPSA) is 104 Å². The smallest absolute Gasteiger partial charge is 0.315 e. The number of carbonyl (C=O) groups is 2. The van der Waals surface area contributed by atoms with Crippen molar-refractivity contribution >= 4 is 11.9 Å². The van der Waals surface area contributed by atoms with E-state index in [4.69, 9.17) is 4.42 Å². The molecule has 2 aromatic rings. The lowest BCUT2D eigenvalue weighted by Crippen LogP contribution is -2.41. The second kappa shape index (κ2) is 8.23. The molecule has 25 heavy (non-hydrogen) atoms. The van der Waals surface area contributed by atoms with E-state index in [9.17, 15) is 14.7 Å². The quantitative estimate of drug-likeness (QED) is 0.604. The molecule has 1 heterocycles. The highest BCUT2D eigenvalue weighted by atomic mass is 16.3. The van der Waals surface area contributed by atoms with Gasteiger partial charge in [0.05, 0.1) is 11.6 Å². The maximum atomic E-state index is 11.9. The standard InChI is InChI=1S/C18H23N3O4/c1-11-10-15(13(3)25-11)12(2)21-18(24)20-9-8-19-17(23)14-6-4-5-7-16(14)22/h4-7,10,12,22H,8-9H2,1-3H3,(H,19,23)(H2,20,21,24). The normalized spacial score (nSPS) is 11.6. The van der Waals surface area contributed by atoms with Gasteiger partial charge >= 0.3 is 6.03 Å². The van der Waals surface area contributed by atoms with E-state index in [1.54, 1.807) is 12.1 Å². The zero-order chi connectivity index (χ0) is 18.4. The van der Waals surface area contributed by atoms with Crippen molar-refractivity contribution in [1.29, 1.82) is 0 Å². The Morgan fingerprint density at radius 3 is 2.48 bits per heavy atom. The van der Waals surface area contributed by atoms with Gasteiger partial charge in [-0.15, -0.1) is 0 Å². The van der Waals surface area contributed by atoms with Gasteiger partial charge in [-0.05, 0) is 39.0 Å². The number of aryl methyl sites for hydroxylation is 2. The van der Waals surface area contributed by atoms with E-state index in [0.29, 0.717) is 0 Å². The second-order valence-electron chi connectivity index (χ2n) is 5.76. The number of hydrogen-bond acceptors (Lipinski definition) is 4. The highest BCUT2D eigenvalue weighted by Crippen LogP contribution is 2.20. The maximum absolute atomic E-state index is 11.9. The number of furan rings is 1. The zero-order valence-corrected chi connectivity index (χ0v) is 14.6. The van der Waals surface area contributed by atoms with Gasteiger partial charge in [0.1, 0.15) is 17.3 Å². The van der Waals surface area contributed by atoms with E-state index in [0.717, 1.165) is 17.1 Å². The molecule has 0 saturated carbocycles. The van der Waals surface area contributed by atoms with Crippen LogP contribution in [0.4, 0.5) is 4.79 Å². The molecule has 0 aliphatic rings. The second-order valence-corrected chi connectivity index (χ2v) is 5.76. The monoisotopic (exact) mass is 345 g/mol. The number of phenols is 1. The van der Waals surface area contributed by atoms with E-state index in [-0.39, 0.29) is 36.5 Å². The number of hydrogen-bond donors (Lipinski definition) is 4. The zero-order valence-electron chi connectivity index (χ0n) is 14.6. The molecule has 1 aromatic carbocycles. The summed E-state index contributed by atoms with van der Waals surface area (Å²) in [4.78, 5) is 23.8. The van der Waals surface area contributed by atoms with Crippen molar-refractivity contribution in [3.8, 4) is 5.75 Å². The van der Waals surface area contributed by atoms with Crippen molar-refractivity contribution in [3.05, 3.63) is 53.0 Å². The Bertz CT molecular complexity index is 755. The largest absolute Gasteiger partial charge is 0.507 e. The molecule has 1 atom stereocenters. The van der Waals surface area contributed by atoms with Gasteiger partial charge in [0.15, 0.2) is 0 Å². The Morgan fingerprint density at radius 1 is 1.16 bits per heavy atom. The van der Waals surface area contributed by atoms with Crippen molar-refractivity contribution in [2.75, 3.05) is 13.1 Å². The van der Waals surface area contributed by atoms with Crippen LogP contribution in [0.2, 0.25) is 0 Å². The number of nitrogens with one attached hydrogen (secondary N) is 3. The first kappa shape index (κ1) is 18.4. The van der Waals surface area contributed by atoms with Crippen LogP contribution in [0, 0.1) is 13.8 Å². The van der Waals surface area contributed by atoms with Crippen LogP contribution < -0.4 is 16.0 Å². The lowest BCUT2D eigenvalue weighted by Gasteiger charge is -2.14. The number of aromatic hydroxyl groups is 1. The molecule has 0 saturated heterocycles. The van der Waals surface area contributed by atoms with Gasteiger partial charge in [-0.2, -0.15) is 0 Å². The number of benzene rings is 1. The van der Waals surface area contributed by atoms with Gasteiger partial charge in [0, 0.05) is 18.7 Å². The van der Waals surface area contributed by atoms with Crippen LogP contribution in [-0.2, 0) is 0 Å². The summed E-state index contributed by atoms with van der Waals surface area (Å²) in [6, 6.07) is 7.66. The van der Waals surface area contributed by atoms with Crippen LogP contribution >= 0.6 is 0 Å². The molecule has 0 spiro atoms. The molecule has 0 bridgehead atoms. The summed E-state index contributed by atoms with van der Waals surface area (Å²) in [7, 11) is 0. The minimum atomic E-state index is -0.391. The highest BCUT2D eigenvalue weighted by molar-refractivity contribution is 5.96. The number of carbonyl (C=O) groups excluding carboxylic acids is 2. The van der Waals surface area contributed by atoms with Crippen LogP contribution in [0.15, 0.2) is 34.7 Å². The van der Waals surface area contributed by atoms with E-state index < -0.39 is 5.91 Å². The summed E-state index contributed by atoms with van der Waals surface area (Å²) in [5.41, 5.74) is 1.13. The molecule has 3 amide bonds. The SMILES string of the molecule is Cc1cc(C(C)NC(=O)NCCNC(=O)c2ccccc2O)c(C)o1. The molecule has 2 rings (SSSR count). The van der Waals surface area contributed by atoms with Crippen molar-refractivity contribution < 1.29 is 19.1 Å². The minimum absolute atomic E-state index is 0.0784. The molecule has 134 valence electrons. The Kier molecular flexibility index (Phi) is 6.05. The van der Waals surface area contributed by atoms with Gasteiger partial charge in [0.25, 0.3) is 5.91 Å². The fraction of sp³-hybridized carbons (Fsp3) is 0.333. The molecule has 7 nitrogen and oxygen atoms in total. The third-order valence-corrected chi connectivity index (χ3v) is 3.74. The van der Waals surface area contributed by atoms with Crippen molar-refractivity contribution in [1.82, 2.24) is 16.0 Å². The Balaban J connectivity index is 1.73. The molecular formula is C18H23N3O4. The van der Waals surface area contributed by atoms with Crippen LogP contribution in [0.25, 0.3) is 0 Å². The van der Waals surface area contributed by atoms with E-state index in [1.807, 2.05) is 26.8 Å². The summed E-state index contributed by atoms with van der Waals surface area (Å²) >= 11 is 0. The van der Waals surface area contributed by atoms with Crippen LogP contribution in [0.3, 0.4) is 0 Å². The van der Waals surface area contributed by atoms with Crippen LogP contribution in [-0.4, -0.2) is 30.1 Å². The number of para-hydroxylation sites is 1. The fourth-order valence-corrected chi connectivity index (χ4v) is 2.52. The highest BCUT2D eigenvalue weighted by Gasteiger charge is 2.15. The molecule has 1 aromatic heterocycles. The number of rotatable bonds is 6. The van der Waals surface area contributed by atoms with Gasteiger partial charge < -0.3 is 25.5 Å². The Hall–Kier alpha value is -2.96. The Morgan fingerprint density at radius 2 is 1.84 bits per heavy atom. The lowest BCUT2D eigenvalue weighted by atomic mass is 10.1. The molecule has 0 aliphatic carbocycles. The predicted octanol–water partition coefficient (Wildman–Crippen LogP) is 2.39. The molecule has 0 aliphatic heterocycles. The number of amides is 3. The van der Waals surface area contributed by atoms with Crippen molar-refractivity contribution in [3.63, 3.8) is 0 Å². The third kappa shape index (κ3) is 5.00. The molecule has 0 radical (unpaired) electrons. The summed E-state index contributed by atoms with van der Waals surface area (Å²) in [6.07, 6.45) is 0. The van der Waals surface area contributed by atoms with Crippen LogP contribution in [0.1, 0.15) is 40.4 Å². The first-order chi connectivity index (χ1) is 11.9. The summed E-state index contributed by atoms with van der Waals surface area (Å²) in [5.74, 6) is 1.11.